The number of thiocarbonyl (C=S) groups is 1. The summed E-state index contributed by atoms with van der Waals surface area (Å²) in [6, 6.07) is 8.94. The van der Waals surface area contributed by atoms with Gasteiger partial charge in [-0.2, -0.15) is 4.98 Å². The lowest BCUT2D eigenvalue weighted by atomic mass is 10.1. The number of ether oxygens (including phenoxy) is 1. The highest BCUT2D eigenvalue weighted by molar-refractivity contribution is 8.26. The minimum atomic E-state index is -0.320. The number of hydrogen-bond donors (Lipinski definition) is 0. The summed E-state index contributed by atoms with van der Waals surface area (Å²) >= 11 is 13.0. The monoisotopic (exact) mass is 611 g/mol. The van der Waals surface area contributed by atoms with Crippen molar-refractivity contribution in [2.24, 2.45) is 0 Å². The average Bonchev–Trinajstić information content (AvgIpc) is 3.21. The van der Waals surface area contributed by atoms with Gasteiger partial charge < -0.3 is 4.74 Å². The van der Waals surface area contributed by atoms with Crippen LogP contribution >= 0.6 is 35.6 Å². The topological polar surface area (TPSA) is 63.9 Å². The van der Waals surface area contributed by atoms with Crippen LogP contribution in [0.5, 0.6) is 11.6 Å². The number of benzene rings is 1. The maximum atomic E-state index is 13.7. The molecule has 0 spiro atoms. The number of carbonyl (C=O) groups is 1. The van der Waals surface area contributed by atoms with Crippen LogP contribution < -0.4 is 10.3 Å². The number of aryl methyl sites for hydroxylation is 2. The zero-order valence-corrected chi connectivity index (χ0v) is 26.5. The summed E-state index contributed by atoms with van der Waals surface area (Å²) in [6.07, 6.45) is 15.5. The van der Waals surface area contributed by atoms with E-state index >= 15 is 0 Å². The van der Waals surface area contributed by atoms with E-state index in [1.54, 1.807) is 41.4 Å². The first-order valence-corrected chi connectivity index (χ1v) is 16.1. The smallest absolute Gasteiger partial charge is 0.269 e. The molecule has 41 heavy (non-hydrogen) atoms. The van der Waals surface area contributed by atoms with Crippen LogP contribution in [-0.4, -0.2) is 31.1 Å². The number of pyridine rings is 1. The Morgan fingerprint density at radius 2 is 1.66 bits per heavy atom. The molecule has 6 nitrogen and oxygen atoms in total. The Kier molecular flexibility index (Phi) is 11.4. The van der Waals surface area contributed by atoms with Gasteiger partial charge in [-0.25, -0.2) is 0 Å². The first-order chi connectivity index (χ1) is 19.8. The van der Waals surface area contributed by atoms with Crippen molar-refractivity contribution in [2.45, 2.75) is 85.0 Å². The van der Waals surface area contributed by atoms with Crippen molar-refractivity contribution in [2.75, 3.05) is 6.54 Å². The zero-order valence-electron chi connectivity index (χ0n) is 24.1. The normalized spacial score (nSPS) is 14.5. The third-order valence-electron chi connectivity index (χ3n) is 7.28. The fourth-order valence-electron chi connectivity index (χ4n) is 4.87. The molecule has 218 valence electrons. The molecule has 0 radical (unpaired) electrons. The molecule has 2 aromatic heterocycles. The van der Waals surface area contributed by atoms with Crippen molar-refractivity contribution in [3.63, 3.8) is 0 Å². The summed E-state index contributed by atoms with van der Waals surface area (Å²) in [6.45, 7) is 6.59. The minimum Gasteiger partial charge on any atom is -0.438 e. The van der Waals surface area contributed by atoms with E-state index in [4.69, 9.17) is 33.5 Å². The zero-order chi connectivity index (χ0) is 29.4. The number of unbranched alkanes of at least 4 members (excludes halogenated alkanes) is 9. The van der Waals surface area contributed by atoms with Crippen molar-refractivity contribution < 1.29 is 9.53 Å². The largest absolute Gasteiger partial charge is 0.438 e. The SMILES string of the molecule is CCCCCCCCCCCCN1C(=O)/C(=C\c2c(Oc3ccc(Cl)c(C)c3)nc3c(C)cccn3c2=O)SC1=S. The molecule has 1 aromatic carbocycles. The van der Waals surface area contributed by atoms with Gasteiger partial charge in [-0.15, -0.1) is 0 Å². The van der Waals surface area contributed by atoms with Gasteiger partial charge in [-0.1, -0.05) is 106 Å². The number of carbonyl (C=O) groups excluding carboxylic acids is 1. The number of halogens is 1. The quantitative estimate of drug-likeness (QED) is 0.103. The lowest BCUT2D eigenvalue weighted by Crippen LogP contribution is -2.29. The van der Waals surface area contributed by atoms with E-state index in [1.807, 2.05) is 19.9 Å². The van der Waals surface area contributed by atoms with Crippen LogP contribution in [0.1, 0.15) is 87.8 Å². The second-order valence-corrected chi connectivity index (χ2v) is 12.6. The predicted molar refractivity (Wildman–Crippen MR) is 174 cm³/mol. The van der Waals surface area contributed by atoms with Crippen LogP contribution in [0.25, 0.3) is 11.7 Å². The summed E-state index contributed by atoms with van der Waals surface area (Å²) in [5.41, 5.74) is 2.03. The van der Waals surface area contributed by atoms with Gasteiger partial charge in [0.2, 0.25) is 5.88 Å². The Morgan fingerprint density at radius 3 is 2.34 bits per heavy atom. The predicted octanol–water partition coefficient (Wildman–Crippen LogP) is 8.88. The van der Waals surface area contributed by atoms with E-state index in [0.29, 0.717) is 32.2 Å². The van der Waals surface area contributed by atoms with Gasteiger partial charge in [0.05, 0.1) is 4.91 Å². The third-order valence-corrected chi connectivity index (χ3v) is 9.08. The second-order valence-electron chi connectivity index (χ2n) is 10.5. The van der Waals surface area contributed by atoms with Crippen LogP contribution in [0.4, 0.5) is 0 Å². The molecule has 1 aliphatic heterocycles. The Hall–Kier alpha value is -2.68. The molecule has 0 saturated carbocycles. The first kappa shape index (κ1) is 31.3. The number of amides is 1. The summed E-state index contributed by atoms with van der Waals surface area (Å²) < 4.78 is 8.12. The maximum absolute atomic E-state index is 13.7. The van der Waals surface area contributed by atoms with E-state index in [1.165, 1.54) is 67.5 Å². The Balaban J connectivity index is 1.49. The van der Waals surface area contributed by atoms with Crippen molar-refractivity contribution in [3.8, 4) is 11.6 Å². The first-order valence-electron chi connectivity index (χ1n) is 14.5. The Morgan fingerprint density at radius 1 is 0.976 bits per heavy atom. The number of fused-ring (bicyclic) bond motifs is 1. The van der Waals surface area contributed by atoms with E-state index in [0.717, 1.165) is 24.0 Å². The molecular formula is C32H38ClN3O3S2. The molecule has 9 heteroatoms. The molecule has 0 unspecified atom stereocenters. The van der Waals surface area contributed by atoms with Gasteiger partial charge >= 0.3 is 0 Å². The van der Waals surface area contributed by atoms with Crippen molar-refractivity contribution in [1.82, 2.24) is 14.3 Å². The molecule has 1 aliphatic rings. The van der Waals surface area contributed by atoms with E-state index in [2.05, 4.69) is 6.92 Å². The Bertz CT molecular complexity index is 1500. The molecule has 1 saturated heterocycles. The van der Waals surface area contributed by atoms with Crippen LogP contribution in [0.3, 0.4) is 0 Å². The third kappa shape index (κ3) is 7.99. The van der Waals surface area contributed by atoms with Crippen molar-refractivity contribution in [3.05, 3.63) is 73.5 Å². The van der Waals surface area contributed by atoms with Gasteiger partial charge in [0.25, 0.3) is 11.5 Å². The minimum absolute atomic E-state index is 0.131. The van der Waals surface area contributed by atoms with Gasteiger partial charge in [0.15, 0.2) is 0 Å². The number of nitrogens with zero attached hydrogens (tertiary/aromatic N) is 3. The molecule has 0 bridgehead atoms. The molecule has 4 rings (SSSR count). The molecular weight excluding hydrogens is 574 g/mol. The highest BCUT2D eigenvalue weighted by atomic mass is 35.5. The number of rotatable bonds is 14. The maximum Gasteiger partial charge on any atom is 0.269 e. The molecule has 3 heterocycles. The average molecular weight is 612 g/mol. The summed E-state index contributed by atoms with van der Waals surface area (Å²) in [5, 5.41) is 0.617. The van der Waals surface area contributed by atoms with E-state index in [-0.39, 0.29) is 22.9 Å². The lowest BCUT2D eigenvalue weighted by molar-refractivity contribution is -0.122. The number of thioether (sulfide) groups is 1. The molecule has 1 amide bonds. The van der Waals surface area contributed by atoms with E-state index < -0.39 is 0 Å². The molecule has 0 atom stereocenters. The molecule has 0 aliphatic carbocycles. The number of aromatic nitrogens is 2. The highest BCUT2D eigenvalue weighted by Crippen LogP contribution is 2.35. The van der Waals surface area contributed by atoms with Gasteiger partial charge in [-0.05, 0) is 61.7 Å². The summed E-state index contributed by atoms with van der Waals surface area (Å²) in [4.78, 5) is 33.7. The van der Waals surface area contributed by atoms with Crippen molar-refractivity contribution in [1.29, 1.82) is 0 Å². The summed E-state index contributed by atoms with van der Waals surface area (Å²) in [7, 11) is 0. The molecule has 0 N–H and O–H groups in total. The molecule has 3 aromatic rings. The van der Waals surface area contributed by atoms with Crippen LogP contribution in [0, 0.1) is 13.8 Å². The van der Waals surface area contributed by atoms with E-state index in [9.17, 15) is 9.59 Å². The number of hydrogen-bond acceptors (Lipinski definition) is 6. The van der Waals surface area contributed by atoms with Crippen LogP contribution in [-0.2, 0) is 4.79 Å². The lowest BCUT2D eigenvalue weighted by Gasteiger charge is -2.14. The van der Waals surface area contributed by atoms with Crippen LogP contribution in [0.15, 0.2) is 46.2 Å². The molecule has 1 fully saturated rings. The summed E-state index contributed by atoms with van der Waals surface area (Å²) in [5.74, 6) is 0.448. The van der Waals surface area contributed by atoms with Crippen LogP contribution in [0.2, 0.25) is 5.02 Å². The second kappa shape index (κ2) is 15.0. The Labute approximate surface area is 257 Å². The van der Waals surface area contributed by atoms with Gasteiger partial charge in [0, 0.05) is 17.8 Å². The fraction of sp³-hybridized carbons (Fsp3) is 0.438. The van der Waals surface area contributed by atoms with Gasteiger partial charge in [-0.3, -0.25) is 18.9 Å². The standard InChI is InChI=1S/C32H38ClN3O3S2/c1-4-5-6-7-8-9-10-11-12-13-18-36-31(38)27(41-32(36)40)21-25-29(39-24-16-17-26(33)23(3)20-24)34-28-22(2)15-14-19-35(28)30(25)37/h14-17,19-21H,4-13,18H2,1-3H3/b27-21+. The highest BCUT2D eigenvalue weighted by Gasteiger charge is 2.32. The fourth-order valence-corrected chi connectivity index (χ4v) is 6.27. The van der Waals surface area contributed by atoms with Gasteiger partial charge in [0.1, 0.15) is 21.3 Å². The van der Waals surface area contributed by atoms with Crippen molar-refractivity contribution >= 4 is 57.5 Å².